The van der Waals surface area contributed by atoms with Gasteiger partial charge in [-0.2, -0.15) is 39.5 Å². The van der Waals surface area contributed by atoms with E-state index in [9.17, 15) is 49.1 Å². The van der Waals surface area contributed by atoms with Crippen LogP contribution in [0.15, 0.2) is 78.4 Å². The minimum absolute atomic E-state index is 0.0164. The van der Waals surface area contributed by atoms with Crippen LogP contribution in [0.4, 0.5) is 49.6 Å². The first-order valence-corrected chi connectivity index (χ1v) is 12.1. The van der Waals surface area contributed by atoms with Gasteiger partial charge in [0.05, 0.1) is 11.6 Å². The predicted molar refractivity (Wildman–Crippen MR) is 133 cm³/mol. The zero-order chi connectivity index (χ0) is 30.3. The Morgan fingerprint density at radius 3 is 1.93 bits per heavy atom. The van der Waals surface area contributed by atoms with Crippen LogP contribution in [0, 0.1) is 0 Å². The SMILES string of the molecule is CN(C(=O)c1ccccc1)c1cccc(C(=O)NC2C(C(F)(F)F)=CC=CC2(I)C(F)(C(F)(F)F)C(F)(F)F)c1. The van der Waals surface area contributed by atoms with E-state index in [1.54, 1.807) is 18.2 Å². The molecule has 0 bridgehead atoms. The van der Waals surface area contributed by atoms with Crippen molar-refractivity contribution in [1.82, 2.24) is 5.32 Å². The first kappa shape index (κ1) is 31.4. The second-order valence-electron chi connectivity index (χ2n) is 8.59. The zero-order valence-electron chi connectivity index (χ0n) is 19.9. The number of rotatable bonds is 5. The van der Waals surface area contributed by atoms with Crippen LogP contribution in [0.2, 0.25) is 0 Å². The predicted octanol–water partition coefficient (Wildman–Crippen LogP) is 7.13. The highest BCUT2D eigenvalue weighted by Gasteiger charge is 2.82. The van der Waals surface area contributed by atoms with E-state index in [-0.39, 0.29) is 29.5 Å². The molecule has 15 heteroatoms. The quantitative estimate of drug-likeness (QED) is 0.206. The normalized spacial score (nSPS) is 20.1. The maximum atomic E-state index is 15.3. The number of amides is 2. The number of benzene rings is 2. The summed E-state index contributed by atoms with van der Waals surface area (Å²) in [5.74, 6) is -2.12. The first-order valence-electron chi connectivity index (χ1n) is 11.0. The molecule has 2 aromatic rings. The lowest BCUT2D eigenvalue weighted by Crippen LogP contribution is -2.72. The second-order valence-corrected chi connectivity index (χ2v) is 10.4. The van der Waals surface area contributed by atoms with Crippen LogP contribution in [0.5, 0.6) is 0 Å². The van der Waals surface area contributed by atoms with Gasteiger partial charge in [0.25, 0.3) is 11.8 Å². The molecule has 2 aromatic carbocycles. The van der Waals surface area contributed by atoms with Crippen LogP contribution < -0.4 is 10.2 Å². The number of anilines is 1. The lowest BCUT2D eigenvalue weighted by Gasteiger charge is -2.47. The van der Waals surface area contributed by atoms with Crippen molar-refractivity contribution in [2.75, 3.05) is 11.9 Å². The number of hydrogen-bond acceptors (Lipinski definition) is 2. The fraction of sp³-hybridized carbons (Fsp3) is 0.280. The van der Waals surface area contributed by atoms with Crippen LogP contribution in [0.1, 0.15) is 20.7 Å². The molecule has 0 saturated heterocycles. The molecule has 4 nitrogen and oxygen atoms in total. The molecule has 2 atom stereocenters. The molecule has 0 saturated carbocycles. The maximum absolute atomic E-state index is 15.3. The number of carbonyl (C=O) groups is 2. The minimum Gasteiger partial charge on any atom is -0.343 e. The van der Waals surface area contributed by atoms with Gasteiger partial charge in [0.15, 0.2) is 0 Å². The average Bonchev–Trinajstić information content (AvgIpc) is 2.87. The van der Waals surface area contributed by atoms with Gasteiger partial charge in [-0.25, -0.2) is 4.39 Å². The maximum Gasteiger partial charge on any atom is 0.433 e. The molecule has 0 heterocycles. The van der Waals surface area contributed by atoms with Gasteiger partial charge < -0.3 is 10.2 Å². The molecule has 1 N–H and O–H groups in total. The third kappa shape index (κ3) is 5.56. The molecule has 2 amide bonds. The Labute approximate surface area is 233 Å². The van der Waals surface area contributed by atoms with Gasteiger partial charge >= 0.3 is 24.2 Å². The monoisotopic (exact) mass is 694 g/mol. The zero-order valence-corrected chi connectivity index (χ0v) is 22.1. The Kier molecular flexibility index (Phi) is 8.41. The minimum atomic E-state index is -6.73. The number of nitrogens with one attached hydrogen (secondary N) is 1. The molecule has 2 unspecified atom stereocenters. The summed E-state index contributed by atoms with van der Waals surface area (Å²) in [6, 6.07) is 9.04. The molecule has 216 valence electrons. The Bertz CT molecular complexity index is 1320. The van der Waals surface area contributed by atoms with Crippen molar-refractivity contribution in [3.05, 3.63) is 89.5 Å². The molecule has 0 spiro atoms. The largest absolute Gasteiger partial charge is 0.433 e. The van der Waals surface area contributed by atoms with Gasteiger partial charge in [-0.15, -0.1) is 0 Å². The average molecular weight is 694 g/mol. The van der Waals surface area contributed by atoms with E-state index in [1.807, 2.05) is 0 Å². The Morgan fingerprint density at radius 1 is 0.850 bits per heavy atom. The van der Waals surface area contributed by atoms with Crippen LogP contribution in [0.25, 0.3) is 0 Å². The molecule has 1 aliphatic carbocycles. The number of allylic oxidation sites excluding steroid dienone is 2. The Balaban J connectivity index is 2.06. The van der Waals surface area contributed by atoms with Crippen molar-refractivity contribution in [2.24, 2.45) is 0 Å². The van der Waals surface area contributed by atoms with Crippen LogP contribution in [-0.4, -0.2) is 52.5 Å². The lowest BCUT2D eigenvalue weighted by molar-refractivity contribution is -0.347. The molecule has 0 fully saturated rings. The standard InChI is InChI=1S/C25H17F10IN2O2/c1-38(20(40)14-7-3-2-4-8-14)16-10-5-9-15(13-16)19(39)37-18-17(22(26,27)28)11-6-12-21(18,36)23(29,24(30,31)32)25(33,34)35/h2-13,18H,1H3,(H,37,39). The fourth-order valence-corrected chi connectivity index (χ4v) is 5.33. The van der Waals surface area contributed by atoms with Crippen LogP contribution in [0.3, 0.4) is 0 Å². The summed E-state index contributed by atoms with van der Waals surface area (Å²) in [4.78, 5) is 26.8. The summed E-state index contributed by atoms with van der Waals surface area (Å²) < 4.78 is 135. The smallest absolute Gasteiger partial charge is 0.343 e. The van der Waals surface area contributed by atoms with Gasteiger partial charge in [-0.3, -0.25) is 9.59 Å². The van der Waals surface area contributed by atoms with E-state index in [0.717, 1.165) is 17.0 Å². The lowest BCUT2D eigenvalue weighted by atomic mass is 9.76. The first-order chi connectivity index (χ1) is 18.3. The molecule has 0 radical (unpaired) electrons. The molecule has 40 heavy (non-hydrogen) atoms. The fourth-order valence-electron chi connectivity index (χ4n) is 4.02. The van der Waals surface area contributed by atoms with Crippen molar-refractivity contribution in [3.8, 4) is 0 Å². The van der Waals surface area contributed by atoms with Crippen LogP contribution >= 0.6 is 22.6 Å². The van der Waals surface area contributed by atoms with E-state index < -0.39 is 56.6 Å². The summed E-state index contributed by atoms with van der Waals surface area (Å²) in [5.41, 5.74) is -8.54. The van der Waals surface area contributed by atoms with E-state index >= 15 is 4.39 Å². The third-order valence-electron chi connectivity index (χ3n) is 6.08. The summed E-state index contributed by atoms with van der Waals surface area (Å²) in [6.07, 6.45) is -18.7. The van der Waals surface area contributed by atoms with Crippen molar-refractivity contribution in [2.45, 2.75) is 33.7 Å². The Morgan fingerprint density at radius 2 is 1.40 bits per heavy atom. The molecule has 1 aliphatic rings. The van der Waals surface area contributed by atoms with Crippen molar-refractivity contribution in [1.29, 1.82) is 0 Å². The topological polar surface area (TPSA) is 49.4 Å². The number of carbonyl (C=O) groups excluding carboxylic acids is 2. The van der Waals surface area contributed by atoms with Gasteiger partial charge in [-0.1, -0.05) is 65.1 Å². The summed E-state index contributed by atoms with van der Waals surface area (Å²) >= 11 is 0.311. The highest BCUT2D eigenvalue weighted by atomic mass is 127. The van der Waals surface area contributed by atoms with Gasteiger partial charge in [0.1, 0.15) is 3.42 Å². The van der Waals surface area contributed by atoms with Gasteiger partial charge in [0.2, 0.25) is 0 Å². The van der Waals surface area contributed by atoms with Crippen molar-refractivity contribution >= 4 is 40.1 Å². The molecule has 0 aliphatic heterocycles. The number of alkyl halides is 11. The molecular weight excluding hydrogens is 677 g/mol. The molecular formula is C25H17F10IN2O2. The van der Waals surface area contributed by atoms with E-state index in [2.05, 4.69) is 0 Å². The van der Waals surface area contributed by atoms with E-state index in [1.165, 1.54) is 36.6 Å². The van der Waals surface area contributed by atoms with Crippen molar-refractivity contribution in [3.63, 3.8) is 0 Å². The van der Waals surface area contributed by atoms with E-state index in [0.29, 0.717) is 22.6 Å². The highest BCUT2D eigenvalue weighted by Crippen LogP contribution is 2.59. The van der Waals surface area contributed by atoms with Crippen LogP contribution in [-0.2, 0) is 0 Å². The summed E-state index contributed by atoms with van der Waals surface area (Å²) in [6.45, 7) is 0. The third-order valence-corrected chi connectivity index (χ3v) is 7.80. The summed E-state index contributed by atoms with van der Waals surface area (Å²) in [7, 11) is 1.29. The number of halogens is 11. The van der Waals surface area contributed by atoms with Crippen molar-refractivity contribution < 1.29 is 53.5 Å². The second kappa shape index (κ2) is 10.7. The van der Waals surface area contributed by atoms with Gasteiger partial charge in [0, 0.05) is 23.9 Å². The number of hydrogen-bond donors (Lipinski definition) is 1. The summed E-state index contributed by atoms with van der Waals surface area (Å²) in [5, 5.41) is 1.53. The van der Waals surface area contributed by atoms with Gasteiger partial charge in [-0.05, 0) is 30.3 Å². The highest BCUT2D eigenvalue weighted by molar-refractivity contribution is 14.1. The Hall–Kier alpha value is -3.11. The number of nitrogens with zero attached hydrogens (tertiary/aromatic N) is 1. The molecule has 0 aromatic heterocycles. The van der Waals surface area contributed by atoms with E-state index in [4.69, 9.17) is 0 Å². The molecule has 3 rings (SSSR count).